The molecule has 4 atom stereocenters. The van der Waals surface area contributed by atoms with Crippen molar-refractivity contribution in [3.63, 3.8) is 0 Å². The molecule has 0 unspecified atom stereocenters. The fourth-order valence-corrected chi connectivity index (χ4v) is 3.81. The van der Waals surface area contributed by atoms with Crippen LogP contribution in [0.3, 0.4) is 0 Å². The molecule has 1 aliphatic rings. The molecule has 27 heavy (non-hydrogen) atoms. The maximum absolute atomic E-state index is 12.8. The zero-order chi connectivity index (χ0) is 19.1. The summed E-state index contributed by atoms with van der Waals surface area (Å²) in [6, 6.07) is 9.30. The Labute approximate surface area is 168 Å². The number of rotatable bonds is 7. The molecule has 0 spiro atoms. The number of hydrogen-bond acceptors (Lipinski definition) is 5. The standard InChI is InChI=1S/C21H31NO4.ClH/c1-14(2)17-10-9-15(3)11-18(17)21(24)25-13-19(26-20(23)12-22)16-7-5-4-6-8-16;/h4-8,14-15,17-19H,9-13,22H2,1-3H3;1H/t15-,17+,18-,19-;/m1./s1. The van der Waals surface area contributed by atoms with Crippen molar-refractivity contribution in [2.45, 2.75) is 46.1 Å². The maximum Gasteiger partial charge on any atom is 0.320 e. The number of hydrogen-bond donors (Lipinski definition) is 1. The van der Waals surface area contributed by atoms with Crippen LogP contribution in [0.1, 0.15) is 51.7 Å². The summed E-state index contributed by atoms with van der Waals surface area (Å²) in [4.78, 5) is 24.4. The van der Waals surface area contributed by atoms with Crippen LogP contribution >= 0.6 is 12.4 Å². The third-order valence-corrected chi connectivity index (χ3v) is 5.31. The molecule has 1 aromatic rings. The highest BCUT2D eigenvalue weighted by atomic mass is 35.5. The van der Waals surface area contributed by atoms with Gasteiger partial charge in [0.05, 0.1) is 12.5 Å². The van der Waals surface area contributed by atoms with E-state index >= 15 is 0 Å². The van der Waals surface area contributed by atoms with Gasteiger partial charge in [-0.3, -0.25) is 9.59 Å². The molecule has 152 valence electrons. The summed E-state index contributed by atoms with van der Waals surface area (Å²) in [5, 5.41) is 0. The van der Waals surface area contributed by atoms with E-state index < -0.39 is 12.1 Å². The third-order valence-electron chi connectivity index (χ3n) is 5.31. The number of carbonyl (C=O) groups excluding carboxylic acids is 2. The van der Waals surface area contributed by atoms with Crippen LogP contribution in [-0.4, -0.2) is 25.1 Å². The molecule has 2 N–H and O–H groups in total. The minimum absolute atomic E-state index is 0. The van der Waals surface area contributed by atoms with Crippen molar-refractivity contribution in [2.75, 3.05) is 13.2 Å². The summed E-state index contributed by atoms with van der Waals surface area (Å²) < 4.78 is 11.0. The Balaban J connectivity index is 0.00000364. The van der Waals surface area contributed by atoms with Crippen molar-refractivity contribution in [3.8, 4) is 0 Å². The van der Waals surface area contributed by atoms with E-state index in [1.54, 1.807) is 0 Å². The predicted octanol–water partition coefficient (Wildman–Crippen LogP) is 3.90. The zero-order valence-electron chi connectivity index (χ0n) is 16.4. The van der Waals surface area contributed by atoms with Crippen molar-refractivity contribution in [1.29, 1.82) is 0 Å². The first kappa shape index (κ1) is 23.4. The molecule has 0 aliphatic heterocycles. The fraction of sp³-hybridized carbons (Fsp3) is 0.619. The highest BCUT2D eigenvalue weighted by molar-refractivity contribution is 5.85. The average Bonchev–Trinajstić information content (AvgIpc) is 2.64. The Morgan fingerprint density at radius 1 is 1.19 bits per heavy atom. The van der Waals surface area contributed by atoms with E-state index in [1.807, 2.05) is 30.3 Å². The van der Waals surface area contributed by atoms with Crippen LogP contribution < -0.4 is 5.73 Å². The lowest BCUT2D eigenvalue weighted by Gasteiger charge is -2.36. The number of ether oxygens (including phenoxy) is 2. The van der Waals surface area contributed by atoms with Crippen LogP contribution in [0.4, 0.5) is 0 Å². The lowest BCUT2D eigenvalue weighted by atomic mass is 9.70. The predicted molar refractivity (Wildman–Crippen MR) is 107 cm³/mol. The number of esters is 2. The van der Waals surface area contributed by atoms with E-state index in [0.717, 1.165) is 24.8 Å². The van der Waals surface area contributed by atoms with Gasteiger partial charge in [-0.05, 0) is 36.2 Å². The molecule has 0 heterocycles. The smallest absolute Gasteiger partial charge is 0.320 e. The molecule has 0 radical (unpaired) electrons. The molecule has 0 saturated heterocycles. The Kier molecular flexibility index (Phi) is 9.81. The van der Waals surface area contributed by atoms with Crippen molar-refractivity contribution in [1.82, 2.24) is 0 Å². The van der Waals surface area contributed by atoms with E-state index in [4.69, 9.17) is 15.2 Å². The number of carbonyl (C=O) groups is 2. The summed E-state index contributed by atoms with van der Waals surface area (Å²) in [6.07, 6.45) is 2.45. The first-order valence-electron chi connectivity index (χ1n) is 9.53. The van der Waals surface area contributed by atoms with Crippen LogP contribution in [0.2, 0.25) is 0 Å². The topological polar surface area (TPSA) is 78.6 Å². The van der Waals surface area contributed by atoms with Crippen LogP contribution in [0.5, 0.6) is 0 Å². The second-order valence-electron chi connectivity index (χ2n) is 7.66. The van der Waals surface area contributed by atoms with Gasteiger partial charge in [0.1, 0.15) is 6.61 Å². The van der Waals surface area contributed by atoms with Gasteiger partial charge in [0.25, 0.3) is 0 Å². The number of nitrogens with two attached hydrogens (primary N) is 1. The van der Waals surface area contributed by atoms with Gasteiger partial charge in [-0.2, -0.15) is 0 Å². The van der Waals surface area contributed by atoms with E-state index in [2.05, 4.69) is 20.8 Å². The molecule has 5 nitrogen and oxygen atoms in total. The third kappa shape index (κ3) is 6.82. The van der Waals surface area contributed by atoms with Crippen LogP contribution in [0.15, 0.2) is 30.3 Å². The van der Waals surface area contributed by atoms with Gasteiger partial charge in [-0.1, -0.05) is 57.5 Å². The monoisotopic (exact) mass is 397 g/mol. The van der Waals surface area contributed by atoms with Gasteiger partial charge in [0, 0.05) is 0 Å². The van der Waals surface area contributed by atoms with Gasteiger partial charge in [0.2, 0.25) is 0 Å². The van der Waals surface area contributed by atoms with E-state index in [-0.39, 0.29) is 37.4 Å². The second-order valence-corrected chi connectivity index (χ2v) is 7.66. The first-order valence-corrected chi connectivity index (χ1v) is 9.53. The molecule has 1 fully saturated rings. The quantitative estimate of drug-likeness (QED) is 0.706. The number of halogens is 1. The van der Waals surface area contributed by atoms with E-state index in [0.29, 0.717) is 17.8 Å². The van der Waals surface area contributed by atoms with Crippen molar-refractivity contribution >= 4 is 24.3 Å². The Morgan fingerprint density at radius 2 is 1.85 bits per heavy atom. The average molecular weight is 398 g/mol. The molecule has 0 aromatic heterocycles. The van der Waals surface area contributed by atoms with Gasteiger partial charge in [-0.25, -0.2) is 0 Å². The fourth-order valence-electron chi connectivity index (χ4n) is 3.81. The molecular formula is C21H32ClNO4. The molecule has 2 rings (SSSR count). The Morgan fingerprint density at radius 3 is 2.44 bits per heavy atom. The molecule has 0 amide bonds. The summed E-state index contributed by atoms with van der Waals surface area (Å²) >= 11 is 0. The molecule has 6 heteroatoms. The van der Waals surface area contributed by atoms with E-state index in [1.165, 1.54) is 0 Å². The highest BCUT2D eigenvalue weighted by Gasteiger charge is 2.36. The van der Waals surface area contributed by atoms with Crippen LogP contribution in [0.25, 0.3) is 0 Å². The normalized spacial score (nSPS) is 23.2. The van der Waals surface area contributed by atoms with Crippen LogP contribution in [-0.2, 0) is 19.1 Å². The summed E-state index contributed by atoms with van der Waals surface area (Å²) in [7, 11) is 0. The summed E-state index contributed by atoms with van der Waals surface area (Å²) in [5.41, 5.74) is 6.15. The minimum Gasteiger partial charge on any atom is -0.461 e. The molecule has 1 saturated carbocycles. The highest BCUT2D eigenvalue weighted by Crippen LogP contribution is 2.38. The molecule has 0 bridgehead atoms. The van der Waals surface area contributed by atoms with Crippen molar-refractivity contribution < 1.29 is 19.1 Å². The lowest BCUT2D eigenvalue weighted by molar-refractivity contribution is -0.164. The maximum atomic E-state index is 12.8. The molecular weight excluding hydrogens is 366 g/mol. The van der Waals surface area contributed by atoms with Crippen LogP contribution in [0, 0.1) is 23.7 Å². The lowest BCUT2D eigenvalue weighted by Crippen LogP contribution is -2.35. The SMILES string of the molecule is CC(C)[C@@H]1CC[C@@H](C)C[C@H]1C(=O)OC[C@@H](OC(=O)CN)c1ccccc1.Cl. The van der Waals surface area contributed by atoms with Crippen molar-refractivity contribution in [3.05, 3.63) is 35.9 Å². The summed E-state index contributed by atoms with van der Waals surface area (Å²) in [6.45, 7) is 6.33. The van der Waals surface area contributed by atoms with Gasteiger partial charge in [-0.15, -0.1) is 12.4 Å². The first-order chi connectivity index (χ1) is 12.4. The van der Waals surface area contributed by atoms with Gasteiger partial charge < -0.3 is 15.2 Å². The van der Waals surface area contributed by atoms with Crippen molar-refractivity contribution in [2.24, 2.45) is 29.4 Å². The van der Waals surface area contributed by atoms with Gasteiger partial charge in [0.15, 0.2) is 6.10 Å². The molecule has 1 aliphatic carbocycles. The van der Waals surface area contributed by atoms with E-state index in [9.17, 15) is 9.59 Å². The Hall–Kier alpha value is -1.59. The zero-order valence-corrected chi connectivity index (χ0v) is 17.2. The molecule has 1 aromatic carbocycles. The Bertz CT molecular complexity index is 593. The minimum atomic E-state index is -0.630. The number of benzene rings is 1. The second kappa shape index (κ2) is 11.3. The summed E-state index contributed by atoms with van der Waals surface area (Å²) in [5.74, 6) is 0.546. The van der Waals surface area contributed by atoms with Gasteiger partial charge >= 0.3 is 11.9 Å². The largest absolute Gasteiger partial charge is 0.461 e.